The Morgan fingerprint density at radius 3 is 0.742 bits per heavy atom. The molecule has 6 nitrogen and oxygen atoms in total. The Balaban J connectivity index is 4.27. The number of rotatable bonds is 54. The van der Waals surface area contributed by atoms with Crippen molar-refractivity contribution in [2.24, 2.45) is 11.8 Å². The lowest BCUT2D eigenvalue weighted by molar-refractivity contribution is -0.167. The molecule has 66 heavy (non-hydrogen) atoms. The summed E-state index contributed by atoms with van der Waals surface area (Å²) in [7, 11) is 0. The van der Waals surface area contributed by atoms with Gasteiger partial charge in [-0.3, -0.25) is 14.4 Å². The first-order valence-corrected chi connectivity index (χ1v) is 29.7. The Bertz CT molecular complexity index is 1010. The molecule has 0 aliphatic rings. The summed E-state index contributed by atoms with van der Waals surface area (Å²) >= 11 is 0. The van der Waals surface area contributed by atoms with Gasteiger partial charge in [-0.15, -0.1) is 0 Å². The van der Waals surface area contributed by atoms with Crippen LogP contribution in [-0.2, 0) is 28.6 Å². The maximum Gasteiger partial charge on any atom is 0.306 e. The third-order valence-electron chi connectivity index (χ3n) is 13.7. The molecule has 1 atom stereocenters. The zero-order chi connectivity index (χ0) is 48.2. The molecule has 0 bridgehead atoms. The van der Waals surface area contributed by atoms with E-state index in [0.717, 1.165) is 69.6 Å². The van der Waals surface area contributed by atoms with Gasteiger partial charge < -0.3 is 14.2 Å². The van der Waals surface area contributed by atoms with E-state index in [1.54, 1.807) is 0 Å². The molecule has 0 aliphatic heterocycles. The summed E-state index contributed by atoms with van der Waals surface area (Å²) in [6.45, 7) is 11.4. The van der Waals surface area contributed by atoms with Crippen molar-refractivity contribution in [1.82, 2.24) is 0 Å². The van der Waals surface area contributed by atoms with Crippen LogP contribution in [0.2, 0.25) is 0 Å². The van der Waals surface area contributed by atoms with Gasteiger partial charge in [-0.2, -0.15) is 0 Å². The molecule has 6 heteroatoms. The summed E-state index contributed by atoms with van der Waals surface area (Å²) in [6.07, 6.45) is 56.7. The van der Waals surface area contributed by atoms with E-state index in [1.165, 1.54) is 225 Å². The van der Waals surface area contributed by atoms with Gasteiger partial charge in [-0.05, 0) is 31.1 Å². The smallest absolute Gasteiger partial charge is 0.306 e. The van der Waals surface area contributed by atoms with Crippen LogP contribution in [0.5, 0.6) is 0 Å². The zero-order valence-corrected chi connectivity index (χ0v) is 45.3. The minimum absolute atomic E-state index is 0.0627. The predicted octanol–water partition coefficient (Wildman–Crippen LogP) is 19.7. The van der Waals surface area contributed by atoms with Gasteiger partial charge in [0, 0.05) is 19.3 Å². The number of carbonyl (C=O) groups is 3. The second-order valence-electron chi connectivity index (χ2n) is 21.6. The fourth-order valence-electron chi connectivity index (χ4n) is 9.23. The molecule has 0 saturated carbocycles. The van der Waals surface area contributed by atoms with Crippen molar-refractivity contribution in [3.63, 3.8) is 0 Å². The van der Waals surface area contributed by atoms with Gasteiger partial charge in [0.2, 0.25) is 0 Å². The van der Waals surface area contributed by atoms with E-state index < -0.39 is 6.10 Å². The molecule has 0 radical (unpaired) electrons. The number of esters is 3. The summed E-state index contributed by atoms with van der Waals surface area (Å²) in [4.78, 5) is 38.2. The minimum Gasteiger partial charge on any atom is -0.462 e. The van der Waals surface area contributed by atoms with Crippen molar-refractivity contribution in [3.05, 3.63) is 0 Å². The predicted molar refractivity (Wildman–Crippen MR) is 284 cm³/mol. The maximum atomic E-state index is 12.8. The van der Waals surface area contributed by atoms with Gasteiger partial charge in [0.15, 0.2) is 6.10 Å². The van der Waals surface area contributed by atoms with Crippen molar-refractivity contribution in [2.75, 3.05) is 13.2 Å². The minimum atomic E-state index is -0.763. The van der Waals surface area contributed by atoms with Crippen LogP contribution < -0.4 is 0 Å². The van der Waals surface area contributed by atoms with Gasteiger partial charge in [0.05, 0.1) is 0 Å². The summed E-state index contributed by atoms with van der Waals surface area (Å²) in [5.41, 5.74) is 0. The van der Waals surface area contributed by atoms with Gasteiger partial charge in [0.25, 0.3) is 0 Å². The third-order valence-corrected chi connectivity index (χ3v) is 13.7. The Hall–Kier alpha value is -1.59. The first kappa shape index (κ1) is 64.4. The molecule has 0 rings (SSSR count). The third kappa shape index (κ3) is 53.4. The Morgan fingerprint density at radius 1 is 0.288 bits per heavy atom. The lowest BCUT2D eigenvalue weighted by atomic mass is 10.0. The summed E-state index contributed by atoms with van der Waals surface area (Å²) in [6, 6.07) is 0. The van der Waals surface area contributed by atoms with Gasteiger partial charge in [-0.25, -0.2) is 0 Å². The lowest BCUT2D eigenvalue weighted by Gasteiger charge is -2.18. The van der Waals surface area contributed by atoms with E-state index in [1.807, 2.05) is 0 Å². The van der Waals surface area contributed by atoms with Crippen molar-refractivity contribution < 1.29 is 28.6 Å². The molecule has 0 spiro atoms. The second-order valence-corrected chi connectivity index (χ2v) is 21.6. The zero-order valence-electron chi connectivity index (χ0n) is 45.3. The van der Waals surface area contributed by atoms with Crippen LogP contribution in [0.3, 0.4) is 0 Å². The molecule has 0 aromatic carbocycles. The second kappa shape index (κ2) is 52.8. The molecule has 392 valence electrons. The highest BCUT2D eigenvalue weighted by atomic mass is 16.6. The highest BCUT2D eigenvalue weighted by Gasteiger charge is 2.19. The molecule has 0 aromatic heterocycles. The quantitative estimate of drug-likeness (QED) is 0.0343. The Labute approximate surface area is 412 Å². The maximum absolute atomic E-state index is 12.8. The van der Waals surface area contributed by atoms with E-state index >= 15 is 0 Å². The molecular weight excluding hydrogens is 817 g/mol. The highest BCUT2D eigenvalue weighted by Crippen LogP contribution is 2.18. The van der Waals surface area contributed by atoms with Crippen molar-refractivity contribution >= 4 is 17.9 Å². The molecule has 0 unspecified atom stereocenters. The number of ether oxygens (including phenoxy) is 3. The molecule has 0 amide bonds. The molecule has 0 heterocycles. The van der Waals surface area contributed by atoms with E-state index in [9.17, 15) is 14.4 Å². The average molecular weight is 934 g/mol. The highest BCUT2D eigenvalue weighted by molar-refractivity contribution is 5.71. The van der Waals surface area contributed by atoms with Gasteiger partial charge in [0.1, 0.15) is 13.2 Å². The van der Waals surface area contributed by atoms with Crippen LogP contribution >= 0.6 is 0 Å². The molecule has 0 saturated heterocycles. The Kier molecular flexibility index (Phi) is 51.5. The van der Waals surface area contributed by atoms with E-state index in [4.69, 9.17) is 14.2 Å². The number of carbonyl (C=O) groups excluding carboxylic acids is 3. The van der Waals surface area contributed by atoms with Gasteiger partial charge >= 0.3 is 17.9 Å². The molecular formula is C60H116O6. The summed E-state index contributed by atoms with van der Waals surface area (Å²) in [5, 5.41) is 0. The molecule has 0 N–H and O–H groups in total. The fourth-order valence-corrected chi connectivity index (χ4v) is 9.23. The first-order chi connectivity index (χ1) is 32.2. The normalized spacial score (nSPS) is 12.0. The topological polar surface area (TPSA) is 78.9 Å². The van der Waals surface area contributed by atoms with Gasteiger partial charge in [-0.1, -0.05) is 298 Å². The molecule has 0 aliphatic carbocycles. The van der Waals surface area contributed by atoms with Crippen LogP contribution in [0, 0.1) is 11.8 Å². The first-order valence-electron chi connectivity index (χ1n) is 29.7. The standard InChI is InChI=1S/C60H116O6/c1-6-7-8-9-10-11-12-13-14-15-16-17-21-24-30-35-40-45-50-58(61)64-53-57(66-60(63)52-47-42-37-32-27-26-29-34-39-44-49-56(4)5)54-65-59(62)51-46-41-36-31-25-22-19-18-20-23-28-33-38-43-48-55(2)3/h55-57H,6-54H2,1-5H3/t57-/m1/s1. The summed E-state index contributed by atoms with van der Waals surface area (Å²) in [5.74, 6) is 0.823. The van der Waals surface area contributed by atoms with Crippen LogP contribution in [0.25, 0.3) is 0 Å². The van der Waals surface area contributed by atoms with Crippen molar-refractivity contribution in [1.29, 1.82) is 0 Å². The number of hydrogen-bond donors (Lipinski definition) is 0. The van der Waals surface area contributed by atoms with Crippen molar-refractivity contribution in [2.45, 2.75) is 343 Å². The Morgan fingerprint density at radius 2 is 0.500 bits per heavy atom. The SMILES string of the molecule is CCCCCCCCCCCCCCCCCCCCC(=O)OC[C@H](COC(=O)CCCCCCCCCCCCCCCCC(C)C)OC(=O)CCCCCCCCCCCCC(C)C. The molecule has 0 aromatic rings. The van der Waals surface area contributed by atoms with Crippen LogP contribution in [-0.4, -0.2) is 37.2 Å². The fraction of sp³-hybridized carbons (Fsp3) is 0.950. The number of hydrogen-bond acceptors (Lipinski definition) is 6. The summed E-state index contributed by atoms with van der Waals surface area (Å²) < 4.78 is 16.9. The average Bonchev–Trinajstić information content (AvgIpc) is 3.29. The van der Waals surface area contributed by atoms with E-state index in [2.05, 4.69) is 34.6 Å². The molecule has 0 fully saturated rings. The lowest BCUT2D eigenvalue weighted by Crippen LogP contribution is -2.30. The van der Waals surface area contributed by atoms with E-state index in [0.29, 0.717) is 19.3 Å². The van der Waals surface area contributed by atoms with Crippen LogP contribution in [0.1, 0.15) is 336 Å². The monoisotopic (exact) mass is 933 g/mol. The van der Waals surface area contributed by atoms with E-state index in [-0.39, 0.29) is 31.1 Å². The van der Waals surface area contributed by atoms with Crippen LogP contribution in [0.15, 0.2) is 0 Å². The van der Waals surface area contributed by atoms with Crippen molar-refractivity contribution in [3.8, 4) is 0 Å². The number of unbranched alkanes of at least 4 members (excludes halogenated alkanes) is 39. The van der Waals surface area contributed by atoms with Crippen LogP contribution in [0.4, 0.5) is 0 Å². The largest absolute Gasteiger partial charge is 0.462 e.